The van der Waals surface area contributed by atoms with Gasteiger partial charge in [-0.2, -0.15) is 5.26 Å². The standard InChI is InChI=1S/C15H18FN3O2/c1-20-14-5-13(16)12(4-10(14)6-17)15-8-19-3-2-18-7-11(19)9-21-15/h4-5,11,15,18H,2-3,7-9H2,1H3/t11-,15-/m0/s1. The van der Waals surface area contributed by atoms with Crippen molar-refractivity contribution < 1.29 is 13.9 Å². The molecule has 2 saturated heterocycles. The van der Waals surface area contributed by atoms with Crippen molar-refractivity contribution in [3.05, 3.63) is 29.1 Å². The van der Waals surface area contributed by atoms with Crippen LogP contribution >= 0.6 is 0 Å². The third kappa shape index (κ3) is 2.72. The number of ether oxygens (including phenoxy) is 2. The molecule has 0 unspecified atom stereocenters. The van der Waals surface area contributed by atoms with Gasteiger partial charge in [-0.1, -0.05) is 0 Å². The molecule has 5 nitrogen and oxygen atoms in total. The number of hydrogen-bond acceptors (Lipinski definition) is 5. The first-order valence-corrected chi connectivity index (χ1v) is 7.07. The van der Waals surface area contributed by atoms with Crippen LogP contribution in [0.3, 0.4) is 0 Å². The zero-order valence-corrected chi connectivity index (χ0v) is 11.9. The van der Waals surface area contributed by atoms with E-state index in [0.717, 1.165) is 19.6 Å². The van der Waals surface area contributed by atoms with Gasteiger partial charge in [0.15, 0.2) is 0 Å². The summed E-state index contributed by atoms with van der Waals surface area (Å²) in [7, 11) is 1.43. The van der Waals surface area contributed by atoms with Crippen LogP contribution in [-0.4, -0.2) is 50.8 Å². The lowest BCUT2D eigenvalue weighted by molar-refractivity contribution is -0.0729. The number of hydrogen-bond donors (Lipinski definition) is 1. The fourth-order valence-corrected chi connectivity index (χ4v) is 2.96. The number of benzene rings is 1. The molecule has 2 fully saturated rings. The highest BCUT2D eigenvalue weighted by atomic mass is 19.1. The maximum absolute atomic E-state index is 14.3. The van der Waals surface area contributed by atoms with Crippen LogP contribution in [0.15, 0.2) is 12.1 Å². The van der Waals surface area contributed by atoms with Gasteiger partial charge in [-0.25, -0.2) is 4.39 Å². The molecule has 2 atom stereocenters. The molecule has 0 aliphatic carbocycles. The van der Waals surface area contributed by atoms with Gasteiger partial charge in [-0.05, 0) is 6.07 Å². The Balaban J connectivity index is 1.85. The van der Waals surface area contributed by atoms with Crippen LogP contribution < -0.4 is 10.1 Å². The van der Waals surface area contributed by atoms with Gasteiger partial charge in [-0.15, -0.1) is 0 Å². The van der Waals surface area contributed by atoms with Crippen molar-refractivity contribution in [1.82, 2.24) is 10.2 Å². The average Bonchev–Trinajstić information content (AvgIpc) is 2.54. The number of morpholine rings is 1. The van der Waals surface area contributed by atoms with E-state index < -0.39 is 0 Å². The van der Waals surface area contributed by atoms with Crippen molar-refractivity contribution in [2.45, 2.75) is 12.1 Å². The van der Waals surface area contributed by atoms with Crippen LogP contribution in [0.2, 0.25) is 0 Å². The number of methoxy groups -OCH3 is 1. The average molecular weight is 291 g/mol. The predicted molar refractivity (Wildman–Crippen MR) is 74.6 cm³/mol. The lowest BCUT2D eigenvalue weighted by atomic mass is 10.0. The van der Waals surface area contributed by atoms with Crippen LogP contribution in [0, 0.1) is 17.1 Å². The Bertz CT molecular complexity index is 573. The molecular weight excluding hydrogens is 273 g/mol. The number of nitrogens with one attached hydrogen (secondary N) is 1. The lowest BCUT2D eigenvalue weighted by Crippen LogP contribution is -2.57. The summed E-state index contributed by atoms with van der Waals surface area (Å²) >= 11 is 0. The summed E-state index contributed by atoms with van der Waals surface area (Å²) in [5, 5.41) is 12.5. The molecule has 0 saturated carbocycles. The monoisotopic (exact) mass is 291 g/mol. The first kappa shape index (κ1) is 14.3. The Hall–Kier alpha value is -1.68. The van der Waals surface area contributed by atoms with E-state index in [1.54, 1.807) is 6.07 Å². The van der Waals surface area contributed by atoms with E-state index in [4.69, 9.17) is 14.7 Å². The first-order valence-electron chi connectivity index (χ1n) is 7.07. The Kier molecular flexibility index (Phi) is 4.06. The summed E-state index contributed by atoms with van der Waals surface area (Å²) < 4.78 is 25.1. The molecule has 0 amide bonds. The largest absolute Gasteiger partial charge is 0.495 e. The number of fused-ring (bicyclic) bond motifs is 1. The number of nitrogens with zero attached hydrogens (tertiary/aromatic N) is 2. The minimum absolute atomic E-state index is 0.259. The van der Waals surface area contributed by atoms with E-state index in [-0.39, 0.29) is 17.7 Å². The second kappa shape index (κ2) is 5.98. The Morgan fingerprint density at radius 1 is 1.52 bits per heavy atom. The minimum Gasteiger partial charge on any atom is -0.495 e. The van der Waals surface area contributed by atoms with Crippen LogP contribution in [-0.2, 0) is 4.74 Å². The first-order chi connectivity index (χ1) is 10.2. The van der Waals surface area contributed by atoms with E-state index in [9.17, 15) is 4.39 Å². The molecule has 21 heavy (non-hydrogen) atoms. The van der Waals surface area contributed by atoms with Crippen molar-refractivity contribution in [3.8, 4) is 11.8 Å². The molecule has 2 aliphatic rings. The zero-order chi connectivity index (χ0) is 14.8. The van der Waals surface area contributed by atoms with E-state index in [1.165, 1.54) is 13.2 Å². The molecule has 2 heterocycles. The molecule has 6 heteroatoms. The molecule has 1 aromatic rings. The molecule has 1 aromatic carbocycles. The van der Waals surface area contributed by atoms with Gasteiger partial charge in [0.1, 0.15) is 17.6 Å². The second-order valence-corrected chi connectivity index (χ2v) is 5.36. The van der Waals surface area contributed by atoms with Gasteiger partial charge in [0.2, 0.25) is 0 Å². The summed E-state index contributed by atoms with van der Waals surface area (Å²) in [6.45, 7) is 4.01. The van der Waals surface area contributed by atoms with Crippen molar-refractivity contribution in [3.63, 3.8) is 0 Å². The molecule has 3 rings (SSSR count). The fraction of sp³-hybridized carbons (Fsp3) is 0.533. The molecule has 0 bridgehead atoms. The molecule has 0 aromatic heterocycles. The lowest BCUT2D eigenvalue weighted by Gasteiger charge is -2.42. The number of piperazine rings is 1. The Labute approximate surface area is 123 Å². The number of nitriles is 1. The summed E-state index contributed by atoms with van der Waals surface area (Å²) in [4.78, 5) is 2.32. The highest BCUT2D eigenvalue weighted by Crippen LogP contribution is 2.31. The number of rotatable bonds is 2. The predicted octanol–water partition coefficient (Wildman–Crippen LogP) is 1.05. The Morgan fingerprint density at radius 2 is 2.38 bits per heavy atom. The van der Waals surface area contributed by atoms with E-state index in [1.807, 2.05) is 6.07 Å². The normalized spacial score (nSPS) is 26.0. The molecule has 112 valence electrons. The van der Waals surface area contributed by atoms with Crippen LogP contribution in [0.4, 0.5) is 4.39 Å². The highest BCUT2D eigenvalue weighted by molar-refractivity contribution is 5.46. The van der Waals surface area contributed by atoms with Crippen molar-refractivity contribution in [2.24, 2.45) is 0 Å². The molecule has 0 radical (unpaired) electrons. The summed E-state index contributed by atoms with van der Waals surface area (Å²) in [5.41, 5.74) is 0.768. The van der Waals surface area contributed by atoms with Gasteiger partial charge >= 0.3 is 0 Å². The Morgan fingerprint density at radius 3 is 3.14 bits per heavy atom. The fourth-order valence-electron chi connectivity index (χ4n) is 2.96. The van der Waals surface area contributed by atoms with Crippen molar-refractivity contribution >= 4 is 0 Å². The van der Waals surface area contributed by atoms with E-state index >= 15 is 0 Å². The quantitative estimate of drug-likeness (QED) is 0.882. The third-order valence-electron chi connectivity index (χ3n) is 4.15. The minimum atomic E-state index is -0.385. The topological polar surface area (TPSA) is 57.5 Å². The van der Waals surface area contributed by atoms with Gasteiger partial charge in [0.25, 0.3) is 0 Å². The maximum Gasteiger partial charge on any atom is 0.139 e. The summed E-state index contributed by atoms with van der Waals surface area (Å²) in [6.07, 6.45) is -0.336. The third-order valence-corrected chi connectivity index (χ3v) is 4.15. The molecular formula is C15H18FN3O2. The van der Waals surface area contributed by atoms with Crippen LogP contribution in [0.5, 0.6) is 5.75 Å². The highest BCUT2D eigenvalue weighted by Gasteiger charge is 2.32. The van der Waals surface area contributed by atoms with Crippen molar-refractivity contribution in [2.75, 3.05) is 39.9 Å². The molecule has 1 N–H and O–H groups in total. The van der Waals surface area contributed by atoms with Crippen LogP contribution in [0.25, 0.3) is 0 Å². The second-order valence-electron chi connectivity index (χ2n) is 5.36. The molecule has 0 spiro atoms. The summed E-state index contributed by atoms with van der Waals surface area (Å²) in [6, 6.07) is 5.20. The summed E-state index contributed by atoms with van der Waals surface area (Å²) in [5.74, 6) is -0.126. The van der Waals surface area contributed by atoms with E-state index in [0.29, 0.717) is 30.3 Å². The van der Waals surface area contributed by atoms with Gasteiger partial charge < -0.3 is 14.8 Å². The number of halogens is 1. The van der Waals surface area contributed by atoms with Gasteiger partial charge in [0, 0.05) is 43.9 Å². The van der Waals surface area contributed by atoms with E-state index in [2.05, 4.69) is 10.2 Å². The van der Waals surface area contributed by atoms with Gasteiger partial charge in [-0.3, -0.25) is 4.90 Å². The van der Waals surface area contributed by atoms with Crippen molar-refractivity contribution in [1.29, 1.82) is 5.26 Å². The maximum atomic E-state index is 14.3. The molecule has 2 aliphatic heterocycles. The SMILES string of the molecule is COc1cc(F)c([C@@H]2CN3CCNC[C@H]3CO2)cc1C#N. The smallest absolute Gasteiger partial charge is 0.139 e. The van der Waals surface area contributed by atoms with Crippen LogP contribution in [0.1, 0.15) is 17.2 Å². The van der Waals surface area contributed by atoms with Gasteiger partial charge in [0.05, 0.1) is 25.4 Å². The zero-order valence-electron chi connectivity index (χ0n) is 11.9.